The number of anilines is 5. The summed E-state index contributed by atoms with van der Waals surface area (Å²) in [7, 11) is 0. The number of hydrogen-bond acceptors (Lipinski definition) is 11. The van der Waals surface area contributed by atoms with Gasteiger partial charge in [0.15, 0.2) is 0 Å². The van der Waals surface area contributed by atoms with Crippen LogP contribution in [0.3, 0.4) is 0 Å². The zero-order chi connectivity index (χ0) is 28.8. The molecule has 2 aromatic heterocycles. The van der Waals surface area contributed by atoms with E-state index in [9.17, 15) is 14.7 Å². The molecule has 0 unspecified atom stereocenters. The van der Waals surface area contributed by atoms with Crippen molar-refractivity contribution in [3.63, 3.8) is 0 Å². The molecular weight excluding hydrogens is 524 g/mol. The van der Waals surface area contributed by atoms with E-state index in [4.69, 9.17) is 16.5 Å². The number of aromatic nitrogens is 4. The van der Waals surface area contributed by atoms with Crippen LogP contribution in [0.2, 0.25) is 0 Å². The van der Waals surface area contributed by atoms with Crippen molar-refractivity contribution in [3.05, 3.63) is 54.2 Å². The number of rotatable bonds is 11. The van der Waals surface area contributed by atoms with Crippen molar-refractivity contribution in [1.82, 2.24) is 19.9 Å². The Morgan fingerprint density at radius 2 is 1.76 bits per heavy atom. The summed E-state index contributed by atoms with van der Waals surface area (Å²) in [5, 5.41) is 16.9. The molecule has 2 aromatic carbocycles. The molecule has 0 radical (unpaired) electrons. The van der Waals surface area contributed by atoms with Gasteiger partial charge in [-0.25, -0.2) is 0 Å². The minimum Gasteiger partial charge on any atom is -0.506 e. The minimum atomic E-state index is -0.862. The third-order valence-corrected chi connectivity index (χ3v) is 6.87. The fourth-order valence-electron chi connectivity index (χ4n) is 4.81. The van der Waals surface area contributed by atoms with Gasteiger partial charge < -0.3 is 42.0 Å². The predicted octanol–water partition coefficient (Wildman–Crippen LogP) is 2.34. The SMILES string of the molecule is NCCN(CCN)c1nc(Nc2ccc(NC(=O)C(=O)c3c[nH]c4ccccc34)c(O)c2)nc(N2CCCCC2)n1. The Bertz CT molecular complexity index is 1530. The minimum absolute atomic E-state index is 0.0937. The average molecular weight is 559 g/mol. The summed E-state index contributed by atoms with van der Waals surface area (Å²) in [5.41, 5.74) is 13.2. The Morgan fingerprint density at radius 3 is 2.49 bits per heavy atom. The molecule has 0 atom stereocenters. The summed E-state index contributed by atoms with van der Waals surface area (Å²) in [4.78, 5) is 46.5. The van der Waals surface area contributed by atoms with Crippen molar-refractivity contribution >= 4 is 51.8 Å². The van der Waals surface area contributed by atoms with Crippen molar-refractivity contribution in [1.29, 1.82) is 0 Å². The fourth-order valence-corrected chi connectivity index (χ4v) is 4.81. The average Bonchev–Trinajstić information content (AvgIpc) is 3.42. The molecule has 1 aliphatic heterocycles. The first-order valence-corrected chi connectivity index (χ1v) is 13.6. The summed E-state index contributed by atoms with van der Waals surface area (Å²) < 4.78 is 0. The molecule has 1 fully saturated rings. The van der Waals surface area contributed by atoms with Gasteiger partial charge in [-0.3, -0.25) is 9.59 Å². The molecule has 13 heteroatoms. The number of benzene rings is 2. The first-order valence-electron chi connectivity index (χ1n) is 13.6. The van der Waals surface area contributed by atoms with Gasteiger partial charge in [-0.05, 0) is 37.5 Å². The van der Waals surface area contributed by atoms with E-state index >= 15 is 0 Å². The highest BCUT2D eigenvalue weighted by molar-refractivity contribution is 6.48. The van der Waals surface area contributed by atoms with Gasteiger partial charge in [0.05, 0.1) is 11.3 Å². The summed E-state index contributed by atoms with van der Waals surface area (Å²) in [6, 6.07) is 11.8. The number of hydrogen-bond donors (Lipinski definition) is 6. The monoisotopic (exact) mass is 558 g/mol. The third-order valence-electron chi connectivity index (χ3n) is 6.87. The van der Waals surface area contributed by atoms with E-state index in [1.807, 2.05) is 17.0 Å². The molecule has 0 saturated carbocycles. The summed E-state index contributed by atoms with van der Waals surface area (Å²) in [6.45, 7) is 3.60. The van der Waals surface area contributed by atoms with Gasteiger partial charge in [-0.1, -0.05) is 18.2 Å². The molecule has 1 amide bonds. The number of ketones is 1. The molecule has 4 aromatic rings. The molecule has 3 heterocycles. The van der Waals surface area contributed by atoms with Gasteiger partial charge >= 0.3 is 0 Å². The van der Waals surface area contributed by atoms with Crippen molar-refractivity contribution in [2.45, 2.75) is 19.3 Å². The number of nitrogens with one attached hydrogen (secondary N) is 3. The molecule has 41 heavy (non-hydrogen) atoms. The highest BCUT2D eigenvalue weighted by Gasteiger charge is 2.22. The number of carbonyl (C=O) groups excluding carboxylic acids is 2. The number of para-hydroxylation sites is 1. The molecule has 13 nitrogen and oxygen atoms in total. The van der Waals surface area contributed by atoms with Crippen LogP contribution in [0.4, 0.5) is 29.2 Å². The van der Waals surface area contributed by atoms with Crippen LogP contribution in [0, 0.1) is 0 Å². The summed E-state index contributed by atoms with van der Waals surface area (Å²) in [6.07, 6.45) is 4.79. The standard InChI is InChI=1S/C28H34N10O3/c29-10-14-38(15-11-30)28-35-26(34-27(36-28)37-12-4-1-5-13-37)32-18-8-9-22(23(39)16-18)33-25(41)24(40)20-17-31-21-7-3-2-6-19(20)21/h2-3,6-9,16-17,31,39H,1,4-5,10-15,29-30H2,(H,33,41)(H,32,34,35,36). The van der Waals surface area contributed by atoms with Crippen LogP contribution >= 0.6 is 0 Å². The first kappa shape index (κ1) is 27.8. The van der Waals surface area contributed by atoms with Gasteiger partial charge in [-0.15, -0.1) is 0 Å². The third kappa shape index (κ3) is 6.36. The quantitative estimate of drug-likeness (QED) is 0.0899. The number of aromatic amines is 1. The van der Waals surface area contributed by atoms with Gasteiger partial charge in [0.25, 0.3) is 11.7 Å². The number of nitrogens with two attached hydrogens (primary N) is 2. The smallest absolute Gasteiger partial charge is 0.296 e. The van der Waals surface area contributed by atoms with E-state index < -0.39 is 11.7 Å². The fraction of sp³-hybridized carbons (Fsp3) is 0.321. The van der Waals surface area contributed by atoms with E-state index in [0.717, 1.165) is 31.4 Å². The number of aromatic hydroxyl groups is 1. The maximum absolute atomic E-state index is 12.8. The van der Waals surface area contributed by atoms with E-state index in [2.05, 4.69) is 30.5 Å². The number of piperidine rings is 1. The Hall–Kier alpha value is -4.75. The Kier molecular flexibility index (Phi) is 8.56. The maximum atomic E-state index is 12.8. The lowest BCUT2D eigenvalue weighted by Crippen LogP contribution is -2.36. The summed E-state index contributed by atoms with van der Waals surface area (Å²) in [5.74, 6) is -0.498. The molecule has 1 saturated heterocycles. The zero-order valence-corrected chi connectivity index (χ0v) is 22.6. The Morgan fingerprint density at radius 1 is 1.00 bits per heavy atom. The number of H-pyrrole nitrogens is 1. The topological polar surface area (TPSA) is 191 Å². The number of phenols is 1. The second-order valence-corrected chi connectivity index (χ2v) is 9.76. The van der Waals surface area contributed by atoms with E-state index in [1.54, 1.807) is 18.2 Å². The number of amides is 1. The lowest BCUT2D eigenvalue weighted by atomic mass is 10.1. The van der Waals surface area contributed by atoms with E-state index in [-0.39, 0.29) is 17.0 Å². The van der Waals surface area contributed by atoms with Crippen LogP contribution in [-0.2, 0) is 4.79 Å². The van der Waals surface area contributed by atoms with Crippen LogP contribution < -0.4 is 31.9 Å². The van der Waals surface area contributed by atoms with Crippen LogP contribution in [-0.4, -0.2) is 76.0 Å². The molecule has 0 spiro atoms. The highest BCUT2D eigenvalue weighted by Crippen LogP contribution is 2.29. The lowest BCUT2D eigenvalue weighted by Gasteiger charge is -2.28. The van der Waals surface area contributed by atoms with Gasteiger partial charge in [-0.2, -0.15) is 15.0 Å². The molecule has 5 rings (SSSR count). The Labute approximate surface area is 237 Å². The van der Waals surface area contributed by atoms with Gasteiger partial charge in [0.2, 0.25) is 17.8 Å². The van der Waals surface area contributed by atoms with Gasteiger partial charge in [0.1, 0.15) is 5.75 Å². The largest absolute Gasteiger partial charge is 0.506 e. The van der Waals surface area contributed by atoms with Crippen LogP contribution in [0.1, 0.15) is 29.6 Å². The van der Waals surface area contributed by atoms with Crippen LogP contribution in [0.5, 0.6) is 5.75 Å². The molecular formula is C28H34N10O3. The van der Waals surface area contributed by atoms with E-state index in [0.29, 0.717) is 55.1 Å². The van der Waals surface area contributed by atoms with Crippen molar-refractivity contribution in [2.24, 2.45) is 11.5 Å². The summed E-state index contributed by atoms with van der Waals surface area (Å²) >= 11 is 0. The molecule has 0 bridgehead atoms. The number of carbonyl (C=O) groups is 2. The number of Topliss-reactive ketones (excluding diaryl/α,β-unsaturated/α-hetero) is 1. The molecule has 0 aliphatic carbocycles. The zero-order valence-electron chi connectivity index (χ0n) is 22.6. The first-order chi connectivity index (χ1) is 20.0. The highest BCUT2D eigenvalue weighted by atomic mass is 16.3. The lowest BCUT2D eigenvalue weighted by molar-refractivity contribution is -0.112. The second-order valence-electron chi connectivity index (χ2n) is 9.76. The van der Waals surface area contributed by atoms with Crippen molar-refractivity contribution < 1.29 is 14.7 Å². The molecule has 8 N–H and O–H groups in total. The predicted molar refractivity (Wildman–Crippen MR) is 159 cm³/mol. The Balaban J connectivity index is 1.35. The van der Waals surface area contributed by atoms with Crippen LogP contribution in [0.15, 0.2) is 48.7 Å². The normalized spacial score (nSPS) is 13.3. The number of fused-ring (bicyclic) bond motifs is 1. The second kappa shape index (κ2) is 12.6. The van der Waals surface area contributed by atoms with E-state index in [1.165, 1.54) is 24.8 Å². The van der Waals surface area contributed by atoms with Gasteiger partial charge in [0, 0.05) is 68.1 Å². The molecule has 1 aliphatic rings. The number of nitrogens with zero attached hydrogens (tertiary/aromatic N) is 5. The molecule has 214 valence electrons. The van der Waals surface area contributed by atoms with Crippen molar-refractivity contribution in [2.75, 3.05) is 59.7 Å². The van der Waals surface area contributed by atoms with Crippen molar-refractivity contribution in [3.8, 4) is 5.75 Å². The maximum Gasteiger partial charge on any atom is 0.296 e. The number of phenolic OH excluding ortho intramolecular Hbond substituents is 1. The van der Waals surface area contributed by atoms with Crippen LogP contribution in [0.25, 0.3) is 10.9 Å².